The first-order valence-electron chi connectivity index (χ1n) is 7.03. The second-order valence-electron chi connectivity index (χ2n) is 6.47. The van der Waals surface area contributed by atoms with Crippen LogP contribution in [0.5, 0.6) is 0 Å². The van der Waals surface area contributed by atoms with Crippen molar-refractivity contribution in [3.05, 3.63) is 0 Å². The van der Waals surface area contributed by atoms with Crippen molar-refractivity contribution >= 4 is 12.1 Å². The van der Waals surface area contributed by atoms with E-state index >= 15 is 0 Å². The summed E-state index contributed by atoms with van der Waals surface area (Å²) in [4.78, 5) is 23.9. The number of aliphatic hydroxyl groups is 1. The van der Waals surface area contributed by atoms with Crippen LogP contribution in [0.1, 0.15) is 34.6 Å². The molecule has 0 spiro atoms. The molecule has 0 aliphatic carbocycles. The zero-order valence-electron chi connectivity index (χ0n) is 13.8. The van der Waals surface area contributed by atoms with Gasteiger partial charge in [-0.05, 0) is 34.6 Å². The molecule has 22 heavy (non-hydrogen) atoms. The van der Waals surface area contributed by atoms with Crippen LogP contribution in [-0.2, 0) is 23.7 Å². The van der Waals surface area contributed by atoms with E-state index in [-0.39, 0.29) is 6.61 Å². The van der Waals surface area contributed by atoms with E-state index in [2.05, 4.69) is 5.32 Å². The van der Waals surface area contributed by atoms with E-state index in [0.29, 0.717) is 0 Å². The number of rotatable bonds is 4. The summed E-state index contributed by atoms with van der Waals surface area (Å²) >= 11 is 0. The Kier molecular flexibility index (Phi) is 5.77. The summed E-state index contributed by atoms with van der Waals surface area (Å²) in [6.07, 6.45) is -2.44. The van der Waals surface area contributed by atoms with Crippen LogP contribution in [0.3, 0.4) is 0 Å². The van der Waals surface area contributed by atoms with Crippen molar-refractivity contribution in [2.75, 3.05) is 13.7 Å². The number of alkyl carbamates (subject to hydrolysis) is 1. The Morgan fingerprint density at radius 2 is 1.91 bits per heavy atom. The van der Waals surface area contributed by atoms with Gasteiger partial charge in [0.2, 0.25) is 0 Å². The van der Waals surface area contributed by atoms with E-state index in [1.165, 1.54) is 7.11 Å². The van der Waals surface area contributed by atoms with E-state index in [1.807, 2.05) is 0 Å². The van der Waals surface area contributed by atoms with Gasteiger partial charge in [-0.3, -0.25) is 0 Å². The summed E-state index contributed by atoms with van der Waals surface area (Å²) in [7, 11) is 1.20. The largest absolute Gasteiger partial charge is 0.467 e. The van der Waals surface area contributed by atoms with Gasteiger partial charge < -0.3 is 29.4 Å². The molecule has 1 aliphatic heterocycles. The first kappa shape index (κ1) is 18.7. The van der Waals surface area contributed by atoms with Crippen LogP contribution in [0.2, 0.25) is 0 Å². The minimum atomic E-state index is -1.15. The van der Waals surface area contributed by atoms with Gasteiger partial charge in [0.1, 0.15) is 17.8 Å². The fourth-order valence-electron chi connectivity index (χ4n) is 2.12. The van der Waals surface area contributed by atoms with Crippen LogP contribution in [0.25, 0.3) is 0 Å². The Morgan fingerprint density at radius 1 is 1.32 bits per heavy atom. The standard InChI is InChI=1S/C14H25NO7/c1-13(2,3)22-12(18)15-9(11(17)19-6)10-8(7-16)20-14(4,5)21-10/h8-10,16H,7H2,1-6H3,(H,15,18)/t8-,9-,10+/m0/s1. The predicted octanol–water partition coefficient (Wildman–Crippen LogP) is 0.565. The highest BCUT2D eigenvalue weighted by Crippen LogP contribution is 2.30. The molecule has 0 saturated carbocycles. The molecule has 8 heteroatoms. The number of aliphatic hydroxyl groups excluding tert-OH is 1. The average molecular weight is 319 g/mol. The maximum absolute atomic E-state index is 12.0. The molecular weight excluding hydrogens is 294 g/mol. The maximum Gasteiger partial charge on any atom is 0.408 e. The van der Waals surface area contributed by atoms with Gasteiger partial charge in [0.25, 0.3) is 0 Å². The molecule has 0 aromatic rings. The molecule has 1 fully saturated rings. The van der Waals surface area contributed by atoms with Gasteiger partial charge in [0.15, 0.2) is 11.8 Å². The van der Waals surface area contributed by atoms with Crippen molar-refractivity contribution in [3.8, 4) is 0 Å². The smallest absolute Gasteiger partial charge is 0.408 e. The molecule has 1 heterocycles. The first-order chi connectivity index (χ1) is 9.99. The van der Waals surface area contributed by atoms with Gasteiger partial charge in [-0.25, -0.2) is 9.59 Å². The molecule has 0 aromatic heterocycles. The van der Waals surface area contributed by atoms with Crippen LogP contribution in [0, 0.1) is 0 Å². The molecule has 0 aromatic carbocycles. The van der Waals surface area contributed by atoms with Crippen molar-refractivity contribution in [1.29, 1.82) is 0 Å². The van der Waals surface area contributed by atoms with Gasteiger partial charge in [-0.15, -0.1) is 0 Å². The second kappa shape index (κ2) is 6.80. The second-order valence-corrected chi connectivity index (χ2v) is 6.47. The number of esters is 1. The third-order valence-electron chi connectivity index (χ3n) is 2.86. The summed E-state index contributed by atoms with van der Waals surface area (Å²) in [6.45, 7) is 8.05. The Morgan fingerprint density at radius 3 is 2.36 bits per heavy atom. The zero-order chi connectivity index (χ0) is 17.1. The quantitative estimate of drug-likeness (QED) is 0.730. The number of amides is 1. The van der Waals surface area contributed by atoms with Gasteiger partial charge in [-0.2, -0.15) is 0 Å². The van der Waals surface area contributed by atoms with Crippen molar-refractivity contribution in [1.82, 2.24) is 5.32 Å². The Balaban J connectivity index is 2.89. The minimum Gasteiger partial charge on any atom is -0.467 e. The fraction of sp³-hybridized carbons (Fsp3) is 0.857. The molecule has 1 amide bonds. The van der Waals surface area contributed by atoms with E-state index in [4.69, 9.17) is 18.9 Å². The molecule has 0 bridgehead atoms. The summed E-state index contributed by atoms with van der Waals surface area (Å²) in [6, 6.07) is -1.15. The number of carbonyl (C=O) groups excluding carboxylic acids is 2. The van der Waals surface area contributed by atoms with Crippen LogP contribution >= 0.6 is 0 Å². The molecule has 3 atom stereocenters. The minimum absolute atomic E-state index is 0.364. The molecule has 0 unspecified atom stereocenters. The maximum atomic E-state index is 12.0. The van der Waals surface area contributed by atoms with Crippen molar-refractivity contribution < 1.29 is 33.6 Å². The molecule has 1 rings (SSSR count). The lowest BCUT2D eigenvalue weighted by atomic mass is 10.1. The SMILES string of the molecule is COC(=O)[C@@H](NC(=O)OC(C)(C)C)[C@@H]1OC(C)(C)O[C@H]1CO. The van der Waals surface area contributed by atoms with Gasteiger partial charge in [0.05, 0.1) is 13.7 Å². The monoisotopic (exact) mass is 319 g/mol. The Hall–Kier alpha value is -1.38. The Bertz CT molecular complexity index is 416. The van der Waals surface area contributed by atoms with Crippen LogP contribution in [-0.4, -0.2) is 60.5 Å². The predicted molar refractivity (Wildman–Crippen MR) is 76.1 cm³/mol. The third-order valence-corrected chi connectivity index (χ3v) is 2.86. The highest BCUT2D eigenvalue weighted by Gasteiger charge is 2.48. The lowest BCUT2D eigenvalue weighted by molar-refractivity contribution is -0.159. The number of hydrogen-bond acceptors (Lipinski definition) is 7. The van der Waals surface area contributed by atoms with Gasteiger partial charge in [0, 0.05) is 0 Å². The molecule has 128 valence electrons. The van der Waals surface area contributed by atoms with E-state index < -0.39 is 41.7 Å². The number of methoxy groups -OCH3 is 1. The zero-order valence-corrected chi connectivity index (χ0v) is 13.8. The molecule has 1 aliphatic rings. The third kappa shape index (κ3) is 5.11. The van der Waals surface area contributed by atoms with Gasteiger partial charge >= 0.3 is 12.1 Å². The normalized spacial score (nSPS) is 25.4. The van der Waals surface area contributed by atoms with E-state index in [9.17, 15) is 14.7 Å². The van der Waals surface area contributed by atoms with Crippen molar-refractivity contribution in [3.63, 3.8) is 0 Å². The summed E-state index contributed by atoms with van der Waals surface area (Å²) < 4.78 is 20.9. The molecule has 2 N–H and O–H groups in total. The summed E-state index contributed by atoms with van der Waals surface area (Å²) in [5.41, 5.74) is -0.715. The summed E-state index contributed by atoms with van der Waals surface area (Å²) in [5.74, 6) is -1.70. The van der Waals surface area contributed by atoms with Crippen LogP contribution in [0.4, 0.5) is 4.79 Å². The number of carbonyl (C=O) groups is 2. The average Bonchev–Trinajstić information content (AvgIpc) is 2.68. The van der Waals surface area contributed by atoms with E-state index in [0.717, 1.165) is 0 Å². The lowest BCUT2D eigenvalue weighted by Gasteiger charge is -2.26. The van der Waals surface area contributed by atoms with Crippen molar-refractivity contribution in [2.45, 2.75) is 64.3 Å². The topological polar surface area (TPSA) is 103 Å². The Labute approximate surface area is 130 Å². The van der Waals surface area contributed by atoms with Crippen molar-refractivity contribution in [2.24, 2.45) is 0 Å². The fourth-order valence-corrected chi connectivity index (χ4v) is 2.12. The molecular formula is C14H25NO7. The van der Waals surface area contributed by atoms with Crippen LogP contribution < -0.4 is 5.32 Å². The highest BCUT2D eigenvalue weighted by atomic mass is 16.8. The number of ether oxygens (including phenoxy) is 4. The first-order valence-corrected chi connectivity index (χ1v) is 7.03. The van der Waals surface area contributed by atoms with Crippen LogP contribution in [0.15, 0.2) is 0 Å². The van der Waals surface area contributed by atoms with E-state index in [1.54, 1.807) is 34.6 Å². The summed E-state index contributed by atoms with van der Waals surface area (Å²) in [5, 5.41) is 11.8. The number of nitrogens with one attached hydrogen (secondary N) is 1. The molecule has 0 radical (unpaired) electrons. The molecule has 1 saturated heterocycles. The highest BCUT2D eigenvalue weighted by molar-refractivity contribution is 5.82. The number of hydrogen-bond donors (Lipinski definition) is 2. The molecule has 8 nitrogen and oxygen atoms in total. The lowest BCUT2D eigenvalue weighted by Crippen LogP contribution is -2.54. The van der Waals surface area contributed by atoms with Gasteiger partial charge in [-0.1, -0.05) is 0 Å².